The van der Waals surface area contributed by atoms with Crippen LogP contribution in [-0.2, 0) is 0 Å². The molecule has 0 bridgehead atoms. The summed E-state index contributed by atoms with van der Waals surface area (Å²) in [7, 11) is 3.21. The number of nitro benzene ring substituents is 1. The predicted octanol–water partition coefficient (Wildman–Crippen LogP) is 5.09. The number of para-hydroxylation sites is 1. The van der Waals surface area contributed by atoms with Crippen molar-refractivity contribution >= 4 is 23.0 Å². The quantitative estimate of drug-likeness (QED) is 0.450. The Morgan fingerprint density at radius 2 is 2.04 bits per heavy atom. The van der Waals surface area contributed by atoms with E-state index >= 15 is 0 Å². The number of fused-ring (bicyclic) bond motifs is 3. The molecule has 7 heteroatoms. The van der Waals surface area contributed by atoms with Gasteiger partial charge >= 0.3 is 0 Å². The van der Waals surface area contributed by atoms with Gasteiger partial charge in [0.2, 0.25) is 0 Å². The van der Waals surface area contributed by atoms with Crippen LogP contribution in [0.15, 0.2) is 42.5 Å². The molecule has 27 heavy (non-hydrogen) atoms. The zero-order chi connectivity index (χ0) is 19.1. The molecule has 0 saturated carbocycles. The van der Waals surface area contributed by atoms with Gasteiger partial charge in [0.15, 0.2) is 11.5 Å². The van der Waals surface area contributed by atoms with Gasteiger partial charge in [-0.2, -0.15) is 0 Å². The fourth-order valence-electron chi connectivity index (χ4n) is 4.28. The van der Waals surface area contributed by atoms with Crippen molar-refractivity contribution in [3.05, 3.63) is 68.7 Å². The van der Waals surface area contributed by atoms with Crippen molar-refractivity contribution in [1.29, 1.82) is 0 Å². The number of nitro groups is 1. The number of anilines is 1. The van der Waals surface area contributed by atoms with Crippen molar-refractivity contribution in [3.8, 4) is 11.5 Å². The first-order chi connectivity index (χ1) is 13.1. The first kappa shape index (κ1) is 17.7. The highest BCUT2D eigenvalue weighted by atomic mass is 35.5. The van der Waals surface area contributed by atoms with E-state index in [2.05, 4.69) is 11.4 Å². The molecule has 2 aromatic rings. The average Bonchev–Trinajstić information content (AvgIpc) is 3.16. The lowest BCUT2D eigenvalue weighted by Crippen LogP contribution is -2.30. The maximum atomic E-state index is 11.6. The molecule has 3 atom stereocenters. The molecule has 2 aromatic carbocycles. The minimum atomic E-state index is -0.341. The van der Waals surface area contributed by atoms with Gasteiger partial charge in [-0.3, -0.25) is 10.1 Å². The highest BCUT2D eigenvalue weighted by Crippen LogP contribution is 2.55. The van der Waals surface area contributed by atoms with Crippen LogP contribution in [0.5, 0.6) is 11.5 Å². The third-order valence-electron chi connectivity index (χ3n) is 5.41. The van der Waals surface area contributed by atoms with Gasteiger partial charge in [0.25, 0.3) is 5.69 Å². The van der Waals surface area contributed by atoms with Crippen LogP contribution in [0.1, 0.15) is 29.5 Å². The summed E-state index contributed by atoms with van der Waals surface area (Å²) in [6, 6.07) is 8.71. The summed E-state index contributed by atoms with van der Waals surface area (Å²) >= 11 is 6.43. The first-order valence-electron chi connectivity index (χ1n) is 8.67. The van der Waals surface area contributed by atoms with Gasteiger partial charge in [0, 0.05) is 17.5 Å². The largest absolute Gasteiger partial charge is 0.493 e. The van der Waals surface area contributed by atoms with Crippen molar-refractivity contribution in [1.82, 2.24) is 0 Å². The molecule has 0 aromatic heterocycles. The third kappa shape index (κ3) is 2.72. The molecular weight excluding hydrogens is 368 g/mol. The second-order valence-electron chi connectivity index (χ2n) is 6.67. The Bertz CT molecular complexity index is 944. The van der Waals surface area contributed by atoms with Gasteiger partial charge < -0.3 is 14.8 Å². The van der Waals surface area contributed by atoms with E-state index in [1.54, 1.807) is 20.3 Å². The van der Waals surface area contributed by atoms with E-state index in [1.165, 1.54) is 6.07 Å². The van der Waals surface area contributed by atoms with Crippen molar-refractivity contribution in [2.24, 2.45) is 5.92 Å². The molecule has 2 aliphatic rings. The SMILES string of the molecule is COc1cccc([C@@H]2Nc3c(Cl)ccc([N+](=O)[O-])c3[C@@H]3C=CC[C@H]32)c1OC. The summed E-state index contributed by atoms with van der Waals surface area (Å²) in [5.41, 5.74) is 2.32. The second kappa shape index (κ2) is 6.78. The van der Waals surface area contributed by atoms with Crippen LogP contribution in [0.3, 0.4) is 0 Å². The smallest absolute Gasteiger partial charge is 0.275 e. The fraction of sp³-hybridized carbons (Fsp3) is 0.300. The lowest BCUT2D eigenvalue weighted by atomic mass is 9.76. The minimum absolute atomic E-state index is 0.0822. The van der Waals surface area contributed by atoms with Crippen LogP contribution >= 0.6 is 11.6 Å². The molecule has 1 aliphatic carbocycles. The Balaban J connectivity index is 1.89. The lowest BCUT2D eigenvalue weighted by Gasteiger charge is -2.38. The van der Waals surface area contributed by atoms with E-state index in [9.17, 15) is 10.1 Å². The van der Waals surface area contributed by atoms with Crippen LogP contribution < -0.4 is 14.8 Å². The normalized spacial score (nSPS) is 22.6. The summed E-state index contributed by atoms with van der Waals surface area (Å²) in [5.74, 6) is 1.35. The van der Waals surface area contributed by atoms with E-state index in [1.807, 2.05) is 24.3 Å². The van der Waals surface area contributed by atoms with Crippen molar-refractivity contribution in [3.63, 3.8) is 0 Å². The number of methoxy groups -OCH3 is 2. The Morgan fingerprint density at radius 1 is 1.22 bits per heavy atom. The molecule has 1 N–H and O–H groups in total. The summed E-state index contributed by atoms with van der Waals surface area (Å²) in [6.45, 7) is 0. The van der Waals surface area contributed by atoms with E-state index in [-0.39, 0.29) is 28.5 Å². The monoisotopic (exact) mass is 386 g/mol. The molecule has 0 amide bonds. The number of halogens is 1. The number of rotatable bonds is 4. The second-order valence-corrected chi connectivity index (χ2v) is 7.08. The van der Waals surface area contributed by atoms with Gasteiger partial charge in [-0.15, -0.1) is 0 Å². The molecule has 0 saturated heterocycles. The molecule has 140 valence electrons. The number of benzene rings is 2. The lowest BCUT2D eigenvalue weighted by molar-refractivity contribution is -0.385. The molecule has 1 heterocycles. The molecule has 0 unspecified atom stereocenters. The maximum Gasteiger partial charge on any atom is 0.275 e. The highest BCUT2D eigenvalue weighted by molar-refractivity contribution is 6.33. The van der Waals surface area contributed by atoms with E-state index in [0.717, 1.165) is 12.0 Å². The molecule has 4 rings (SSSR count). The third-order valence-corrected chi connectivity index (χ3v) is 5.73. The Hall–Kier alpha value is -2.73. The number of allylic oxidation sites excluding steroid dienone is 2. The van der Waals surface area contributed by atoms with Gasteiger partial charge in [0.1, 0.15) is 0 Å². The Labute approximate surface area is 161 Å². The number of nitrogens with zero attached hydrogens (tertiary/aromatic N) is 1. The van der Waals surface area contributed by atoms with E-state index in [0.29, 0.717) is 27.8 Å². The van der Waals surface area contributed by atoms with Gasteiger partial charge in [0.05, 0.1) is 41.5 Å². The summed E-state index contributed by atoms with van der Waals surface area (Å²) in [5, 5.41) is 15.5. The van der Waals surface area contributed by atoms with Crippen molar-refractivity contribution in [2.45, 2.75) is 18.4 Å². The molecule has 1 aliphatic heterocycles. The zero-order valence-electron chi connectivity index (χ0n) is 14.9. The number of nitrogens with one attached hydrogen (secondary N) is 1. The summed E-state index contributed by atoms with van der Waals surface area (Å²) < 4.78 is 11.1. The number of hydrogen-bond donors (Lipinski definition) is 1. The number of ether oxygens (including phenoxy) is 2. The molecular formula is C20H19ClN2O4. The standard InChI is InChI=1S/C20H19ClN2O4/c1-26-16-8-4-7-13(20(16)27-2)18-12-6-3-5-11(12)17-15(23(24)25)10-9-14(21)19(17)22-18/h3-5,7-12,18,22H,6H2,1-2H3/t11-,12-,18-/m1/s1. The van der Waals surface area contributed by atoms with Crippen molar-refractivity contribution < 1.29 is 14.4 Å². The fourth-order valence-corrected chi connectivity index (χ4v) is 4.50. The minimum Gasteiger partial charge on any atom is -0.493 e. The van der Waals surface area contributed by atoms with Crippen LogP contribution in [0, 0.1) is 16.0 Å². The Kier molecular flexibility index (Phi) is 4.44. The molecule has 6 nitrogen and oxygen atoms in total. The number of hydrogen-bond acceptors (Lipinski definition) is 5. The molecule has 0 spiro atoms. The zero-order valence-corrected chi connectivity index (χ0v) is 15.7. The van der Waals surface area contributed by atoms with Crippen LogP contribution in [0.2, 0.25) is 5.02 Å². The molecule has 0 radical (unpaired) electrons. The van der Waals surface area contributed by atoms with Crippen LogP contribution in [0.4, 0.5) is 11.4 Å². The maximum absolute atomic E-state index is 11.6. The first-order valence-corrected chi connectivity index (χ1v) is 9.05. The van der Waals surface area contributed by atoms with Crippen molar-refractivity contribution in [2.75, 3.05) is 19.5 Å². The Morgan fingerprint density at radius 3 is 2.74 bits per heavy atom. The molecule has 0 fully saturated rings. The summed E-state index contributed by atoms with van der Waals surface area (Å²) in [4.78, 5) is 11.2. The van der Waals surface area contributed by atoms with E-state index < -0.39 is 0 Å². The van der Waals surface area contributed by atoms with Crippen LogP contribution in [-0.4, -0.2) is 19.1 Å². The van der Waals surface area contributed by atoms with Gasteiger partial charge in [-0.1, -0.05) is 35.9 Å². The highest BCUT2D eigenvalue weighted by Gasteiger charge is 2.43. The topological polar surface area (TPSA) is 73.6 Å². The van der Waals surface area contributed by atoms with Gasteiger partial charge in [-0.25, -0.2) is 0 Å². The summed E-state index contributed by atoms with van der Waals surface area (Å²) in [6.07, 6.45) is 4.94. The predicted molar refractivity (Wildman–Crippen MR) is 104 cm³/mol. The average molecular weight is 387 g/mol. The van der Waals surface area contributed by atoms with Gasteiger partial charge in [-0.05, 0) is 24.5 Å². The van der Waals surface area contributed by atoms with E-state index in [4.69, 9.17) is 21.1 Å². The van der Waals surface area contributed by atoms with Crippen LogP contribution in [0.25, 0.3) is 0 Å².